The molecule has 0 radical (unpaired) electrons. The maximum atomic E-state index is 3.51. The van der Waals surface area contributed by atoms with Gasteiger partial charge in [0.2, 0.25) is 0 Å². The van der Waals surface area contributed by atoms with Gasteiger partial charge in [-0.3, -0.25) is 0 Å². The number of likely N-dealkylation sites (N-methyl/N-ethyl adjacent to an activating group) is 1. The van der Waals surface area contributed by atoms with Crippen LogP contribution < -0.4 is 5.32 Å². The summed E-state index contributed by atoms with van der Waals surface area (Å²) >= 11 is 0. The van der Waals surface area contributed by atoms with Crippen molar-refractivity contribution in [3.8, 4) is 0 Å². The molecule has 1 atom stereocenters. The second-order valence-electron chi connectivity index (χ2n) is 6.14. The summed E-state index contributed by atoms with van der Waals surface area (Å²) in [5, 5.41) is 3.51. The minimum atomic E-state index is 0.729. The fraction of sp³-hybridized carbons (Fsp3) is 1.00. The van der Waals surface area contributed by atoms with Gasteiger partial charge in [-0.25, -0.2) is 0 Å². The summed E-state index contributed by atoms with van der Waals surface area (Å²) in [4.78, 5) is 7.55. The molecule has 0 bridgehead atoms. The Morgan fingerprint density at radius 2 is 1.89 bits per heavy atom. The van der Waals surface area contributed by atoms with Crippen LogP contribution in [0.2, 0.25) is 0 Å². The molecule has 1 unspecified atom stereocenters. The van der Waals surface area contributed by atoms with Gasteiger partial charge in [0.05, 0.1) is 0 Å². The molecule has 0 saturated carbocycles. The summed E-state index contributed by atoms with van der Waals surface area (Å²) < 4.78 is 0. The van der Waals surface area contributed by atoms with Crippen LogP contribution in [0.4, 0.5) is 0 Å². The van der Waals surface area contributed by atoms with Crippen molar-refractivity contribution in [1.29, 1.82) is 0 Å². The maximum absolute atomic E-state index is 3.51. The van der Waals surface area contributed by atoms with Crippen LogP contribution in [0, 0.1) is 0 Å². The lowest BCUT2D eigenvalue weighted by molar-refractivity contribution is 0.122. The Morgan fingerprint density at radius 3 is 2.56 bits per heavy atom. The van der Waals surface area contributed by atoms with Gasteiger partial charge in [-0.05, 0) is 60.0 Å². The molecule has 2 rings (SSSR count). The first-order chi connectivity index (χ1) is 8.66. The van der Waals surface area contributed by atoms with Gasteiger partial charge in [0.1, 0.15) is 0 Å². The smallest absolute Gasteiger partial charge is 0.0230 e. The van der Waals surface area contributed by atoms with Gasteiger partial charge in [-0.15, -0.1) is 0 Å². The van der Waals surface area contributed by atoms with E-state index < -0.39 is 0 Å². The minimum absolute atomic E-state index is 0.729. The standard InChI is InChI=1S/C14H30N4/c1-16-8-4-13(5-9-16)17(2)10-6-14-12-15-7-11-18(14)3/h13-15H,4-12H2,1-3H3. The van der Waals surface area contributed by atoms with Gasteiger partial charge in [0.25, 0.3) is 0 Å². The normalized spacial score (nSPS) is 29.0. The second-order valence-corrected chi connectivity index (χ2v) is 6.14. The van der Waals surface area contributed by atoms with Crippen LogP contribution in [0.5, 0.6) is 0 Å². The number of nitrogens with zero attached hydrogens (tertiary/aromatic N) is 3. The van der Waals surface area contributed by atoms with Gasteiger partial charge < -0.3 is 20.0 Å². The van der Waals surface area contributed by atoms with Crippen molar-refractivity contribution >= 4 is 0 Å². The molecule has 0 spiro atoms. The molecular formula is C14H30N4. The lowest BCUT2D eigenvalue weighted by atomic mass is 10.0. The van der Waals surface area contributed by atoms with Gasteiger partial charge in [0, 0.05) is 31.7 Å². The van der Waals surface area contributed by atoms with Gasteiger partial charge in [-0.1, -0.05) is 0 Å². The highest BCUT2D eigenvalue weighted by atomic mass is 15.2. The third-order valence-electron chi connectivity index (χ3n) is 4.77. The Morgan fingerprint density at radius 1 is 1.17 bits per heavy atom. The lowest BCUT2D eigenvalue weighted by Gasteiger charge is -2.38. The van der Waals surface area contributed by atoms with Gasteiger partial charge in [-0.2, -0.15) is 0 Å². The van der Waals surface area contributed by atoms with Crippen molar-refractivity contribution in [3.05, 3.63) is 0 Å². The number of nitrogens with one attached hydrogen (secondary N) is 1. The van der Waals surface area contributed by atoms with E-state index in [4.69, 9.17) is 0 Å². The van der Waals surface area contributed by atoms with E-state index in [2.05, 4.69) is 41.2 Å². The topological polar surface area (TPSA) is 21.8 Å². The Hall–Kier alpha value is -0.160. The molecule has 0 aromatic heterocycles. The van der Waals surface area contributed by atoms with E-state index in [1.807, 2.05) is 0 Å². The quantitative estimate of drug-likeness (QED) is 0.779. The highest BCUT2D eigenvalue weighted by Crippen LogP contribution is 2.15. The molecule has 18 heavy (non-hydrogen) atoms. The van der Waals surface area contributed by atoms with Crippen molar-refractivity contribution in [2.24, 2.45) is 0 Å². The summed E-state index contributed by atoms with van der Waals surface area (Å²) in [7, 11) is 6.81. The van der Waals surface area contributed by atoms with Gasteiger partial charge in [0.15, 0.2) is 0 Å². The number of hydrogen-bond donors (Lipinski definition) is 1. The summed E-state index contributed by atoms with van der Waals surface area (Å²) in [6, 6.07) is 1.54. The summed E-state index contributed by atoms with van der Waals surface area (Å²) in [5.74, 6) is 0. The van der Waals surface area contributed by atoms with Crippen LogP contribution >= 0.6 is 0 Å². The third-order valence-corrected chi connectivity index (χ3v) is 4.77. The van der Waals surface area contributed by atoms with Crippen molar-refractivity contribution in [2.75, 3.05) is 60.4 Å². The molecule has 2 fully saturated rings. The molecule has 4 nitrogen and oxygen atoms in total. The zero-order chi connectivity index (χ0) is 13.0. The first kappa shape index (κ1) is 14.3. The zero-order valence-electron chi connectivity index (χ0n) is 12.4. The van der Waals surface area contributed by atoms with E-state index in [-0.39, 0.29) is 0 Å². The highest BCUT2D eigenvalue weighted by Gasteiger charge is 2.23. The number of likely N-dealkylation sites (tertiary alicyclic amines) is 1. The average Bonchev–Trinajstić information content (AvgIpc) is 2.38. The Labute approximate surface area is 112 Å². The van der Waals surface area contributed by atoms with E-state index in [0.717, 1.165) is 25.2 Å². The number of hydrogen-bond acceptors (Lipinski definition) is 4. The zero-order valence-corrected chi connectivity index (χ0v) is 12.4. The first-order valence-electron chi connectivity index (χ1n) is 7.46. The monoisotopic (exact) mass is 254 g/mol. The molecule has 2 aliphatic heterocycles. The maximum Gasteiger partial charge on any atom is 0.0230 e. The molecule has 2 aliphatic rings. The molecule has 1 N–H and O–H groups in total. The SMILES string of the molecule is CN1CCC(N(C)CCC2CNCCN2C)CC1. The summed E-state index contributed by atoms with van der Waals surface area (Å²) in [6.45, 7) is 7.28. The van der Waals surface area contributed by atoms with Crippen molar-refractivity contribution in [2.45, 2.75) is 31.3 Å². The second kappa shape index (κ2) is 6.85. The van der Waals surface area contributed by atoms with Crippen molar-refractivity contribution < 1.29 is 0 Å². The van der Waals surface area contributed by atoms with Crippen LogP contribution in [0.15, 0.2) is 0 Å². The Balaban J connectivity index is 1.69. The fourth-order valence-electron chi connectivity index (χ4n) is 3.16. The predicted molar refractivity (Wildman–Crippen MR) is 77.1 cm³/mol. The van der Waals surface area contributed by atoms with Crippen molar-refractivity contribution in [1.82, 2.24) is 20.0 Å². The molecule has 106 valence electrons. The van der Waals surface area contributed by atoms with E-state index in [0.29, 0.717) is 0 Å². The van der Waals surface area contributed by atoms with Gasteiger partial charge >= 0.3 is 0 Å². The van der Waals surface area contributed by atoms with Crippen LogP contribution in [-0.2, 0) is 0 Å². The average molecular weight is 254 g/mol. The third kappa shape index (κ3) is 3.92. The number of rotatable bonds is 4. The van der Waals surface area contributed by atoms with Crippen LogP contribution in [-0.4, -0.2) is 87.2 Å². The number of piperazine rings is 1. The van der Waals surface area contributed by atoms with E-state index in [1.54, 1.807) is 0 Å². The van der Waals surface area contributed by atoms with E-state index in [9.17, 15) is 0 Å². The first-order valence-corrected chi connectivity index (χ1v) is 7.46. The molecule has 0 aromatic carbocycles. The molecule has 0 aromatic rings. The Kier molecular flexibility index (Phi) is 5.42. The largest absolute Gasteiger partial charge is 0.314 e. The van der Waals surface area contributed by atoms with Crippen molar-refractivity contribution in [3.63, 3.8) is 0 Å². The summed E-state index contributed by atoms with van der Waals surface area (Å²) in [6.07, 6.45) is 3.98. The van der Waals surface area contributed by atoms with Crippen LogP contribution in [0.3, 0.4) is 0 Å². The molecule has 0 aliphatic carbocycles. The molecule has 2 heterocycles. The summed E-state index contributed by atoms with van der Waals surface area (Å²) in [5.41, 5.74) is 0. The molecular weight excluding hydrogens is 224 g/mol. The van der Waals surface area contributed by atoms with E-state index >= 15 is 0 Å². The number of piperidine rings is 1. The highest BCUT2D eigenvalue weighted by molar-refractivity contribution is 4.81. The van der Waals surface area contributed by atoms with E-state index in [1.165, 1.54) is 45.4 Å². The molecule has 0 amide bonds. The lowest BCUT2D eigenvalue weighted by Crippen LogP contribution is -2.51. The minimum Gasteiger partial charge on any atom is -0.314 e. The predicted octanol–water partition coefficient (Wildman–Crippen LogP) is 0.306. The fourth-order valence-corrected chi connectivity index (χ4v) is 3.16. The Bertz CT molecular complexity index is 238. The molecule has 2 saturated heterocycles. The van der Waals surface area contributed by atoms with Crippen LogP contribution in [0.25, 0.3) is 0 Å². The molecule has 4 heteroatoms. The van der Waals surface area contributed by atoms with Crippen LogP contribution in [0.1, 0.15) is 19.3 Å².